The van der Waals surface area contributed by atoms with Crippen LogP contribution in [0.15, 0.2) is 43.1 Å². The Bertz CT molecular complexity index is 895. The first-order valence-electron chi connectivity index (χ1n) is 8.89. The van der Waals surface area contributed by atoms with Gasteiger partial charge < -0.3 is 14.8 Å². The van der Waals surface area contributed by atoms with Gasteiger partial charge in [0.15, 0.2) is 0 Å². The van der Waals surface area contributed by atoms with E-state index in [0.29, 0.717) is 13.1 Å². The summed E-state index contributed by atoms with van der Waals surface area (Å²) in [7, 11) is 0. The van der Waals surface area contributed by atoms with Crippen LogP contribution in [0, 0.1) is 11.8 Å². The van der Waals surface area contributed by atoms with Crippen molar-refractivity contribution < 1.29 is 9.59 Å². The van der Waals surface area contributed by atoms with Crippen molar-refractivity contribution in [1.29, 1.82) is 0 Å². The molecule has 0 saturated carbocycles. The van der Waals surface area contributed by atoms with Gasteiger partial charge in [-0.25, -0.2) is 0 Å². The van der Waals surface area contributed by atoms with E-state index in [1.54, 1.807) is 4.90 Å². The Morgan fingerprint density at radius 1 is 1.35 bits per heavy atom. The minimum absolute atomic E-state index is 0.0219. The predicted molar refractivity (Wildman–Crippen MR) is 102 cm³/mol. The highest BCUT2D eigenvalue weighted by Gasteiger charge is 2.30. The van der Waals surface area contributed by atoms with Crippen molar-refractivity contribution in [1.82, 2.24) is 14.8 Å². The fourth-order valence-electron chi connectivity index (χ4n) is 3.01. The second-order valence-electron chi connectivity index (χ2n) is 6.48. The number of carbonyl (C=O) groups is 2. The molecule has 5 nitrogen and oxygen atoms in total. The molecule has 0 unspecified atom stereocenters. The Labute approximate surface area is 153 Å². The Kier molecular flexibility index (Phi) is 5.43. The van der Waals surface area contributed by atoms with Gasteiger partial charge in [-0.15, -0.1) is 0 Å². The Morgan fingerprint density at radius 2 is 2.15 bits per heavy atom. The van der Waals surface area contributed by atoms with Crippen LogP contribution in [0.25, 0.3) is 10.9 Å². The van der Waals surface area contributed by atoms with Crippen molar-refractivity contribution in [3.8, 4) is 11.8 Å². The molecule has 2 amide bonds. The maximum Gasteiger partial charge on any atom is 0.246 e. The summed E-state index contributed by atoms with van der Waals surface area (Å²) in [6, 6.07) is 8.07. The van der Waals surface area contributed by atoms with Gasteiger partial charge in [0.05, 0.1) is 6.04 Å². The molecule has 5 heteroatoms. The topological polar surface area (TPSA) is 54.3 Å². The van der Waals surface area contributed by atoms with Crippen LogP contribution in [0.5, 0.6) is 0 Å². The van der Waals surface area contributed by atoms with Gasteiger partial charge in [-0.1, -0.05) is 25.3 Å². The summed E-state index contributed by atoms with van der Waals surface area (Å²) in [5, 5.41) is 4.04. The number of benzene rings is 1. The van der Waals surface area contributed by atoms with E-state index in [-0.39, 0.29) is 24.4 Å². The molecule has 0 aliphatic carbocycles. The molecule has 2 aromatic rings. The second-order valence-corrected chi connectivity index (χ2v) is 6.48. The Morgan fingerprint density at radius 3 is 2.88 bits per heavy atom. The summed E-state index contributed by atoms with van der Waals surface area (Å²) in [5.41, 5.74) is 2.01. The monoisotopic (exact) mass is 349 g/mol. The molecule has 1 aliphatic heterocycles. The van der Waals surface area contributed by atoms with Crippen LogP contribution in [0.2, 0.25) is 0 Å². The Hall–Kier alpha value is -3.00. The third-order valence-corrected chi connectivity index (χ3v) is 4.43. The molecule has 1 saturated heterocycles. The quantitative estimate of drug-likeness (QED) is 0.665. The van der Waals surface area contributed by atoms with Crippen LogP contribution >= 0.6 is 0 Å². The molecule has 0 spiro atoms. The molecule has 26 heavy (non-hydrogen) atoms. The summed E-state index contributed by atoms with van der Waals surface area (Å²) < 4.78 is 1.93. The average Bonchev–Trinajstić information content (AvgIpc) is 2.99. The molecule has 1 aromatic heterocycles. The van der Waals surface area contributed by atoms with Crippen molar-refractivity contribution in [3.05, 3.63) is 48.7 Å². The number of hydrogen-bond donors (Lipinski definition) is 1. The number of rotatable bonds is 5. The molecule has 3 rings (SSSR count). The molecule has 1 aliphatic rings. The van der Waals surface area contributed by atoms with Crippen molar-refractivity contribution in [2.75, 3.05) is 13.1 Å². The highest BCUT2D eigenvalue weighted by molar-refractivity contribution is 5.88. The zero-order valence-electron chi connectivity index (χ0n) is 15.0. The molecule has 134 valence electrons. The number of carbonyl (C=O) groups excluding carboxylic acids is 2. The lowest BCUT2D eigenvalue weighted by Crippen LogP contribution is -2.61. The van der Waals surface area contributed by atoms with Gasteiger partial charge in [-0.3, -0.25) is 9.59 Å². The van der Waals surface area contributed by atoms with Crippen LogP contribution < -0.4 is 5.32 Å². The van der Waals surface area contributed by atoms with Crippen molar-refractivity contribution >= 4 is 22.7 Å². The minimum atomic E-state index is -0.0928. The molecule has 1 aromatic carbocycles. The molecular weight excluding hydrogens is 326 g/mol. The normalized spacial score (nSPS) is 13.7. The number of amides is 2. The molecule has 2 heterocycles. The van der Waals surface area contributed by atoms with Gasteiger partial charge in [0.25, 0.3) is 0 Å². The van der Waals surface area contributed by atoms with E-state index in [2.05, 4.69) is 36.7 Å². The van der Waals surface area contributed by atoms with Crippen LogP contribution in [0.4, 0.5) is 0 Å². The van der Waals surface area contributed by atoms with Gasteiger partial charge >= 0.3 is 0 Å². The van der Waals surface area contributed by atoms with Crippen LogP contribution in [0.1, 0.15) is 25.3 Å². The number of aromatic nitrogens is 1. The van der Waals surface area contributed by atoms with Gasteiger partial charge in [0, 0.05) is 42.2 Å². The van der Waals surface area contributed by atoms with E-state index < -0.39 is 0 Å². The van der Waals surface area contributed by atoms with Gasteiger partial charge in [-0.05, 0) is 36.8 Å². The number of nitrogens with zero attached hydrogens (tertiary/aromatic N) is 2. The lowest BCUT2D eigenvalue weighted by Gasteiger charge is -2.38. The highest BCUT2D eigenvalue weighted by atomic mass is 16.2. The second kappa shape index (κ2) is 7.92. The lowest BCUT2D eigenvalue weighted by molar-refractivity contribution is -0.133. The van der Waals surface area contributed by atoms with Crippen molar-refractivity contribution in [3.63, 3.8) is 0 Å². The summed E-state index contributed by atoms with van der Waals surface area (Å²) in [4.78, 5) is 25.3. The van der Waals surface area contributed by atoms with E-state index in [0.717, 1.165) is 29.3 Å². The minimum Gasteiger partial charge on any atom is -0.348 e. The van der Waals surface area contributed by atoms with Crippen LogP contribution in [-0.4, -0.2) is 40.4 Å². The standard InChI is InChI=1S/C21H23N3O2/c1-3-5-6-7-16-8-9-19-17(12-16)10-11-23(19)15-20(25)22-18-13-24(14-18)21(26)4-2/h4,8-12,18H,2-3,5,13-15H2,1H3,(H,22,25). The Balaban J connectivity index is 1.59. The molecular formula is C21H23N3O2. The SMILES string of the molecule is C=CC(=O)N1CC(NC(=O)Cn2ccc3cc(C#CCCC)ccc32)C1. The van der Waals surface area contributed by atoms with Crippen molar-refractivity contribution in [2.24, 2.45) is 0 Å². The molecule has 0 atom stereocenters. The maximum atomic E-state index is 12.3. The lowest BCUT2D eigenvalue weighted by atomic mass is 10.1. The van der Waals surface area contributed by atoms with Crippen LogP contribution in [-0.2, 0) is 16.1 Å². The van der Waals surface area contributed by atoms with Gasteiger partial charge in [0.2, 0.25) is 11.8 Å². The molecule has 1 fully saturated rings. The van der Waals surface area contributed by atoms with E-state index in [9.17, 15) is 9.59 Å². The van der Waals surface area contributed by atoms with E-state index in [1.807, 2.05) is 29.0 Å². The number of unbranched alkanes of at least 4 members (excludes halogenated alkanes) is 1. The average molecular weight is 349 g/mol. The fraction of sp³-hybridized carbons (Fsp3) is 0.333. The first-order chi connectivity index (χ1) is 12.6. The third-order valence-electron chi connectivity index (χ3n) is 4.43. The molecule has 1 N–H and O–H groups in total. The summed E-state index contributed by atoms with van der Waals surface area (Å²) in [5.74, 6) is 6.18. The number of hydrogen-bond acceptors (Lipinski definition) is 2. The number of fused-ring (bicyclic) bond motifs is 1. The van der Waals surface area contributed by atoms with Gasteiger partial charge in [-0.2, -0.15) is 0 Å². The maximum absolute atomic E-state index is 12.3. The first kappa shape index (κ1) is 17.8. The fourth-order valence-corrected chi connectivity index (χ4v) is 3.01. The van der Waals surface area contributed by atoms with Crippen LogP contribution in [0.3, 0.4) is 0 Å². The summed E-state index contributed by atoms with van der Waals surface area (Å²) in [6.07, 6.45) is 5.17. The van der Waals surface area contributed by atoms with E-state index >= 15 is 0 Å². The summed E-state index contributed by atoms with van der Waals surface area (Å²) >= 11 is 0. The van der Waals surface area contributed by atoms with E-state index in [4.69, 9.17) is 0 Å². The molecule has 0 bridgehead atoms. The zero-order valence-corrected chi connectivity index (χ0v) is 15.0. The van der Waals surface area contributed by atoms with Crippen molar-refractivity contribution in [2.45, 2.75) is 32.4 Å². The highest BCUT2D eigenvalue weighted by Crippen LogP contribution is 2.17. The zero-order chi connectivity index (χ0) is 18.5. The third kappa shape index (κ3) is 3.97. The molecule has 0 radical (unpaired) electrons. The first-order valence-corrected chi connectivity index (χ1v) is 8.89. The summed E-state index contributed by atoms with van der Waals surface area (Å²) in [6.45, 7) is 6.93. The largest absolute Gasteiger partial charge is 0.348 e. The number of nitrogens with one attached hydrogen (secondary N) is 1. The van der Waals surface area contributed by atoms with E-state index in [1.165, 1.54) is 6.08 Å². The number of likely N-dealkylation sites (tertiary alicyclic amines) is 1. The predicted octanol–water partition coefficient (Wildman–Crippen LogP) is 2.31. The smallest absolute Gasteiger partial charge is 0.246 e. The van der Waals surface area contributed by atoms with Gasteiger partial charge in [0.1, 0.15) is 6.54 Å².